The molecule has 0 fully saturated rings. The fourth-order valence-electron chi connectivity index (χ4n) is 5.52. The van der Waals surface area contributed by atoms with E-state index in [0.717, 1.165) is 28.7 Å². The van der Waals surface area contributed by atoms with Gasteiger partial charge in [-0.1, -0.05) is 103 Å². The summed E-state index contributed by atoms with van der Waals surface area (Å²) in [5, 5.41) is 7.49. The number of nitrogens with two attached hydrogens (primary N) is 1. The number of amides is 7. The first kappa shape index (κ1) is 52.2. The van der Waals surface area contributed by atoms with Gasteiger partial charge in [0, 0.05) is 26.1 Å². The van der Waals surface area contributed by atoms with Gasteiger partial charge in [-0.15, -0.1) is 4.99 Å². The van der Waals surface area contributed by atoms with Crippen LogP contribution in [0.25, 0.3) is 0 Å². The number of amidine groups is 1. The molecule has 350 valence electrons. The first-order valence-corrected chi connectivity index (χ1v) is 21.4. The van der Waals surface area contributed by atoms with Gasteiger partial charge in [-0.25, -0.2) is 28.9 Å². The molecule has 3 aromatic rings. The smallest absolute Gasteiger partial charge is 0.437 e. The van der Waals surface area contributed by atoms with Gasteiger partial charge in [0.2, 0.25) is 11.9 Å². The van der Waals surface area contributed by atoms with E-state index < -0.39 is 78.9 Å². The molecule has 21 heteroatoms. The Morgan fingerprint density at radius 3 is 1.82 bits per heavy atom. The normalized spacial score (nSPS) is 12.3. The van der Waals surface area contributed by atoms with Crippen LogP contribution >= 0.6 is 11.8 Å². The van der Waals surface area contributed by atoms with Crippen LogP contribution in [0.4, 0.5) is 24.0 Å². The summed E-state index contributed by atoms with van der Waals surface area (Å²) in [7, 11) is 2.41. The number of methoxy groups -OCH3 is 1. The van der Waals surface area contributed by atoms with E-state index in [0.29, 0.717) is 16.7 Å². The van der Waals surface area contributed by atoms with Crippen LogP contribution in [0.2, 0.25) is 0 Å². The number of benzene rings is 3. The van der Waals surface area contributed by atoms with Gasteiger partial charge in [-0.3, -0.25) is 9.59 Å². The molecule has 0 aliphatic carbocycles. The summed E-state index contributed by atoms with van der Waals surface area (Å²) in [5.74, 6) is -2.04. The number of nitrogens with one attached hydrogen (secondary N) is 3. The number of carbonyl (C=O) groups excluding carboxylic acids is 7. The molecule has 0 bridgehead atoms. The average Bonchev–Trinajstić information content (AvgIpc) is 3.28. The molecule has 20 nitrogen and oxygen atoms in total. The van der Waals surface area contributed by atoms with Crippen molar-refractivity contribution in [2.75, 3.05) is 33.5 Å². The van der Waals surface area contributed by atoms with Crippen LogP contribution in [0.1, 0.15) is 56.7 Å². The Morgan fingerprint density at radius 2 is 1.29 bits per heavy atom. The Hall–Kier alpha value is -7.16. The third kappa shape index (κ3) is 20.3. The molecule has 7 amide bonds. The molecular formula is C44H56N8O12S. The highest BCUT2D eigenvalue weighted by Gasteiger charge is 2.31. The number of ether oxygens (including phenoxy) is 5. The molecule has 2 atom stereocenters. The van der Waals surface area contributed by atoms with E-state index in [1.54, 1.807) is 118 Å². The number of hydrogen-bond donors (Lipinski definition) is 4. The summed E-state index contributed by atoms with van der Waals surface area (Å²) in [4.78, 5) is 101. The van der Waals surface area contributed by atoms with Crippen LogP contribution in [0.5, 0.6) is 0 Å². The quantitative estimate of drug-likeness (QED) is 0.0720. The number of guanidine groups is 1. The Balaban J connectivity index is 1.86. The third-order valence-corrected chi connectivity index (χ3v) is 9.38. The zero-order valence-electron chi connectivity index (χ0n) is 37.1. The second-order valence-electron chi connectivity index (χ2n) is 14.9. The molecule has 0 saturated carbocycles. The summed E-state index contributed by atoms with van der Waals surface area (Å²) in [6, 6.07) is 24.1. The van der Waals surface area contributed by atoms with Gasteiger partial charge >= 0.3 is 30.5 Å². The number of aliphatic imine (C=N–C) groups is 2. The number of carbonyl (C=O) groups is 7. The van der Waals surface area contributed by atoms with Crippen LogP contribution in [-0.2, 0) is 53.1 Å². The highest BCUT2D eigenvalue weighted by atomic mass is 32.2. The maximum atomic E-state index is 14.1. The van der Waals surface area contributed by atoms with Crippen LogP contribution in [0, 0.1) is 0 Å². The van der Waals surface area contributed by atoms with Crippen molar-refractivity contribution in [1.82, 2.24) is 25.8 Å². The van der Waals surface area contributed by atoms with Gasteiger partial charge in [0.1, 0.15) is 31.5 Å². The lowest BCUT2D eigenvalue weighted by Crippen LogP contribution is -2.55. The number of hydrogen-bond acceptors (Lipinski definition) is 13. The van der Waals surface area contributed by atoms with Gasteiger partial charge < -0.3 is 50.3 Å². The minimum absolute atomic E-state index is 0.00362. The van der Waals surface area contributed by atoms with E-state index in [2.05, 4.69) is 30.7 Å². The predicted octanol–water partition coefficient (Wildman–Crippen LogP) is 5.70. The van der Waals surface area contributed by atoms with E-state index in [1.165, 1.54) is 7.05 Å². The van der Waals surface area contributed by atoms with Gasteiger partial charge in [0.25, 0.3) is 5.91 Å². The van der Waals surface area contributed by atoms with E-state index in [4.69, 9.17) is 24.7 Å². The molecule has 0 heterocycles. The molecule has 3 rings (SSSR count). The first-order chi connectivity index (χ1) is 31.0. The molecular weight excluding hydrogens is 865 g/mol. The number of thioether (sulfide) groups is 1. The number of nitrogens with zero attached hydrogens (tertiary/aromatic N) is 4. The predicted molar refractivity (Wildman–Crippen MR) is 241 cm³/mol. The largest absolute Gasteiger partial charge is 0.451 e. The molecule has 0 saturated heterocycles. The molecule has 0 aromatic heterocycles. The molecule has 0 radical (unpaired) electrons. The van der Waals surface area contributed by atoms with Crippen molar-refractivity contribution < 1.29 is 57.2 Å². The van der Waals surface area contributed by atoms with Gasteiger partial charge in [0.15, 0.2) is 5.17 Å². The van der Waals surface area contributed by atoms with Gasteiger partial charge in [-0.05, 0) is 56.6 Å². The highest BCUT2D eigenvalue weighted by Crippen LogP contribution is 2.13. The van der Waals surface area contributed by atoms with E-state index in [9.17, 15) is 33.6 Å². The average molecular weight is 921 g/mol. The zero-order valence-corrected chi connectivity index (χ0v) is 38.0. The molecule has 5 N–H and O–H groups in total. The van der Waals surface area contributed by atoms with Gasteiger partial charge in [0.05, 0.1) is 13.7 Å². The number of likely N-dealkylation sites (N-methyl/N-ethyl adjacent to an activating group) is 1. The van der Waals surface area contributed by atoms with Crippen LogP contribution in [0.3, 0.4) is 0 Å². The first-order valence-electron chi connectivity index (χ1n) is 20.2. The summed E-state index contributed by atoms with van der Waals surface area (Å²) in [6.07, 6.45) is -3.58. The minimum Gasteiger partial charge on any atom is -0.451 e. The molecule has 0 aliphatic heterocycles. The standard InChI is InChI=1S/C44H56N8O12S/c1-44(2,3)64-39(55)46-26-34(36(54)48-38(65-6)50-40(56)60-5)51(4)35(53)25-33(47-41(57)61-27-30-17-10-7-11-18-30)23-16-24-52(43(59)63-29-32-21-14-9-15-22-32)37(45)49-42(58)62-28-31-19-12-8-13-20-31/h7-15,17-22,33-34H,16,23-29H2,1-6H3,(H,46,55)(H,47,57)(H2,45,49,58)(H,48,50,54,56)/t33-,34?/m0/s1. The Bertz CT molecular complexity index is 2100. The fourth-order valence-corrected chi connectivity index (χ4v) is 5.89. The topological polar surface area (TPSA) is 259 Å². The van der Waals surface area contributed by atoms with E-state index in [1.807, 2.05) is 0 Å². The maximum Gasteiger partial charge on any atom is 0.437 e. The second kappa shape index (κ2) is 27.1. The van der Waals surface area contributed by atoms with Crippen molar-refractivity contribution in [3.63, 3.8) is 0 Å². The van der Waals surface area contributed by atoms with Crippen molar-refractivity contribution >= 4 is 65.2 Å². The van der Waals surface area contributed by atoms with Crippen molar-refractivity contribution in [2.45, 2.75) is 77.5 Å². The summed E-state index contributed by atoms with van der Waals surface area (Å²) in [5.41, 5.74) is 7.39. The molecule has 0 spiro atoms. The Morgan fingerprint density at radius 1 is 0.754 bits per heavy atom. The van der Waals surface area contributed by atoms with Crippen LogP contribution in [-0.4, -0.2) is 114 Å². The lowest BCUT2D eigenvalue weighted by molar-refractivity contribution is -0.138. The SMILES string of the molecule is COC(=O)/N=C(\NC(=O)C(CNC(=O)OC(C)(C)C)N(C)C(=O)C[C@H](CCCN(C(=O)OCc1ccccc1)/C(N)=N/C(=O)OCc1ccccc1)NC(=O)OCc1ccccc1)SC. The van der Waals surface area contributed by atoms with E-state index in [-0.39, 0.29) is 44.4 Å². The van der Waals surface area contributed by atoms with Crippen LogP contribution in [0.15, 0.2) is 101 Å². The summed E-state index contributed by atoms with van der Waals surface area (Å²) in [6.45, 7) is 3.96. The van der Waals surface area contributed by atoms with Crippen molar-refractivity contribution in [3.8, 4) is 0 Å². The summed E-state index contributed by atoms with van der Waals surface area (Å²) >= 11 is 0.914. The van der Waals surface area contributed by atoms with Crippen molar-refractivity contribution in [2.24, 2.45) is 15.7 Å². The second-order valence-corrected chi connectivity index (χ2v) is 15.7. The fraction of sp³-hybridized carbons (Fsp3) is 0.386. The monoisotopic (exact) mass is 920 g/mol. The number of alkyl carbamates (subject to hydrolysis) is 2. The molecule has 1 unspecified atom stereocenters. The summed E-state index contributed by atoms with van der Waals surface area (Å²) < 4.78 is 26.0. The van der Waals surface area contributed by atoms with Crippen LogP contribution < -0.4 is 21.7 Å². The van der Waals surface area contributed by atoms with Crippen molar-refractivity contribution in [1.29, 1.82) is 0 Å². The van der Waals surface area contributed by atoms with E-state index >= 15 is 0 Å². The zero-order chi connectivity index (χ0) is 47.8. The molecule has 0 aliphatic rings. The van der Waals surface area contributed by atoms with Crippen molar-refractivity contribution in [3.05, 3.63) is 108 Å². The highest BCUT2D eigenvalue weighted by molar-refractivity contribution is 8.13. The Labute approximate surface area is 381 Å². The molecule has 3 aromatic carbocycles. The minimum atomic E-state index is -1.40. The lowest BCUT2D eigenvalue weighted by Gasteiger charge is -2.30. The number of rotatable bonds is 17. The maximum absolute atomic E-state index is 14.1. The third-order valence-electron chi connectivity index (χ3n) is 8.80. The molecule has 65 heavy (non-hydrogen) atoms. The Kier molecular flexibility index (Phi) is 21.8. The van der Waals surface area contributed by atoms with Gasteiger partial charge in [-0.2, -0.15) is 4.99 Å². The lowest BCUT2D eigenvalue weighted by atomic mass is 10.1.